The summed E-state index contributed by atoms with van der Waals surface area (Å²) >= 11 is 0. The summed E-state index contributed by atoms with van der Waals surface area (Å²) in [4.78, 5) is 14.6. The number of hydrogen-bond acceptors (Lipinski definition) is 4. The summed E-state index contributed by atoms with van der Waals surface area (Å²) in [6, 6.07) is 15.7. The van der Waals surface area contributed by atoms with E-state index in [9.17, 15) is 4.79 Å². The molecule has 0 aromatic heterocycles. The van der Waals surface area contributed by atoms with E-state index >= 15 is 0 Å². The van der Waals surface area contributed by atoms with Crippen LogP contribution in [0.1, 0.15) is 30.4 Å². The molecule has 0 unspecified atom stereocenters. The van der Waals surface area contributed by atoms with Gasteiger partial charge in [-0.25, -0.2) is 0 Å². The fourth-order valence-corrected chi connectivity index (χ4v) is 3.35. The van der Waals surface area contributed by atoms with Gasteiger partial charge in [-0.3, -0.25) is 9.69 Å². The van der Waals surface area contributed by atoms with Crippen molar-refractivity contribution >= 4 is 5.91 Å². The minimum absolute atomic E-state index is 0.0339. The first-order valence-corrected chi connectivity index (χ1v) is 9.57. The highest BCUT2D eigenvalue weighted by atomic mass is 16.5. The summed E-state index contributed by atoms with van der Waals surface area (Å²) in [5.74, 6) is 1.04. The molecule has 0 spiro atoms. The number of amides is 1. The lowest BCUT2D eigenvalue weighted by Crippen LogP contribution is -2.29. The molecule has 5 heteroatoms. The molecule has 2 aromatic carbocycles. The third-order valence-corrected chi connectivity index (χ3v) is 4.76. The number of methoxy groups -OCH3 is 1. The topological polar surface area (TPSA) is 50.8 Å². The smallest absolute Gasteiger partial charge is 0.258 e. The zero-order valence-electron chi connectivity index (χ0n) is 15.9. The second-order valence-electron chi connectivity index (χ2n) is 6.87. The lowest BCUT2D eigenvalue weighted by atomic mass is 10.1. The fraction of sp³-hybridized carbons (Fsp3) is 0.409. The molecular formula is C22H28N2O3. The van der Waals surface area contributed by atoms with Crippen LogP contribution in [0, 0.1) is 0 Å². The molecule has 0 saturated carbocycles. The maximum absolute atomic E-state index is 12.1. The Labute approximate surface area is 161 Å². The lowest BCUT2D eigenvalue weighted by molar-refractivity contribution is -0.123. The summed E-state index contributed by atoms with van der Waals surface area (Å²) < 4.78 is 10.8. The van der Waals surface area contributed by atoms with Gasteiger partial charge in [-0.05, 0) is 49.2 Å². The molecule has 1 aliphatic heterocycles. The molecule has 0 radical (unpaired) electrons. The van der Waals surface area contributed by atoms with Gasteiger partial charge in [0, 0.05) is 13.1 Å². The minimum Gasteiger partial charge on any atom is -0.493 e. The van der Waals surface area contributed by atoms with Gasteiger partial charge < -0.3 is 14.8 Å². The fourth-order valence-electron chi connectivity index (χ4n) is 3.35. The Morgan fingerprint density at radius 1 is 1.00 bits per heavy atom. The second-order valence-corrected chi connectivity index (χ2v) is 6.87. The number of nitrogens with one attached hydrogen (secondary N) is 1. The summed E-state index contributed by atoms with van der Waals surface area (Å²) in [7, 11) is 1.58. The van der Waals surface area contributed by atoms with Crippen LogP contribution in [0.25, 0.3) is 0 Å². The molecule has 0 atom stereocenters. The van der Waals surface area contributed by atoms with Crippen LogP contribution in [-0.4, -0.2) is 37.6 Å². The Bertz CT molecular complexity index is 742. The van der Waals surface area contributed by atoms with E-state index in [2.05, 4.69) is 28.4 Å². The molecule has 5 nitrogen and oxygen atoms in total. The average molecular weight is 368 g/mol. The van der Waals surface area contributed by atoms with Crippen LogP contribution in [0.3, 0.4) is 0 Å². The van der Waals surface area contributed by atoms with E-state index in [1.807, 2.05) is 18.2 Å². The van der Waals surface area contributed by atoms with E-state index in [1.165, 1.54) is 37.9 Å². The van der Waals surface area contributed by atoms with Crippen LogP contribution in [-0.2, 0) is 17.9 Å². The van der Waals surface area contributed by atoms with Crippen molar-refractivity contribution in [2.75, 3.05) is 26.8 Å². The molecule has 144 valence electrons. The quantitative estimate of drug-likeness (QED) is 0.776. The van der Waals surface area contributed by atoms with E-state index < -0.39 is 0 Å². The molecule has 1 heterocycles. The van der Waals surface area contributed by atoms with Gasteiger partial charge in [-0.2, -0.15) is 0 Å². The molecule has 1 saturated heterocycles. The maximum atomic E-state index is 12.1. The monoisotopic (exact) mass is 368 g/mol. The van der Waals surface area contributed by atoms with E-state index in [4.69, 9.17) is 9.47 Å². The van der Waals surface area contributed by atoms with Crippen LogP contribution < -0.4 is 14.8 Å². The number of para-hydroxylation sites is 2. The zero-order valence-corrected chi connectivity index (χ0v) is 15.9. The molecule has 27 heavy (non-hydrogen) atoms. The van der Waals surface area contributed by atoms with Crippen LogP contribution in [0.2, 0.25) is 0 Å². The highest BCUT2D eigenvalue weighted by molar-refractivity contribution is 5.77. The number of hydrogen-bond donors (Lipinski definition) is 1. The lowest BCUT2D eigenvalue weighted by Gasteiger charge is -2.26. The zero-order chi connectivity index (χ0) is 18.9. The van der Waals surface area contributed by atoms with Gasteiger partial charge in [0.25, 0.3) is 5.91 Å². The third kappa shape index (κ3) is 6.00. The largest absolute Gasteiger partial charge is 0.493 e. The Morgan fingerprint density at radius 3 is 2.52 bits per heavy atom. The van der Waals surface area contributed by atoms with Crippen LogP contribution >= 0.6 is 0 Å². The number of piperidine rings is 1. The number of benzene rings is 2. The maximum Gasteiger partial charge on any atom is 0.258 e. The van der Waals surface area contributed by atoms with Gasteiger partial charge in [0.1, 0.15) is 0 Å². The summed E-state index contributed by atoms with van der Waals surface area (Å²) in [5.41, 5.74) is 2.41. The van der Waals surface area contributed by atoms with Gasteiger partial charge in [0.05, 0.1) is 7.11 Å². The Morgan fingerprint density at radius 2 is 1.74 bits per heavy atom. The van der Waals surface area contributed by atoms with Gasteiger partial charge in [-0.1, -0.05) is 42.8 Å². The number of rotatable bonds is 8. The number of carbonyl (C=O) groups is 1. The van der Waals surface area contributed by atoms with Crippen molar-refractivity contribution in [3.05, 3.63) is 59.7 Å². The van der Waals surface area contributed by atoms with Crippen molar-refractivity contribution in [3.63, 3.8) is 0 Å². The number of carbonyl (C=O) groups excluding carboxylic acids is 1. The van der Waals surface area contributed by atoms with Crippen molar-refractivity contribution in [2.45, 2.75) is 32.4 Å². The summed E-state index contributed by atoms with van der Waals surface area (Å²) in [5, 5.41) is 2.92. The van der Waals surface area contributed by atoms with Crippen molar-refractivity contribution in [1.82, 2.24) is 10.2 Å². The van der Waals surface area contributed by atoms with E-state index in [0.717, 1.165) is 12.1 Å². The van der Waals surface area contributed by atoms with Crippen molar-refractivity contribution in [2.24, 2.45) is 0 Å². The van der Waals surface area contributed by atoms with Gasteiger partial charge in [0.2, 0.25) is 0 Å². The first-order valence-electron chi connectivity index (χ1n) is 9.57. The highest BCUT2D eigenvalue weighted by Gasteiger charge is 2.11. The number of likely N-dealkylation sites (tertiary alicyclic amines) is 1. The molecule has 2 aromatic rings. The van der Waals surface area contributed by atoms with Crippen LogP contribution in [0.15, 0.2) is 48.5 Å². The summed E-state index contributed by atoms with van der Waals surface area (Å²) in [6.07, 6.45) is 3.93. The summed E-state index contributed by atoms with van der Waals surface area (Å²) in [6.45, 7) is 3.82. The Balaban J connectivity index is 1.46. The first kappa shape index (κ1) is 19.2. The van der Waals surface area contributed by atoms with Gasteiger partial charge in [0.15, 0.2) is 18.1 Å². The van der Waals surface area contributed by atoms with Gasteiger partial charge in [-0.15, -0.1) is 0 Å². The van der Waals surface area contributed by atoms with E-state index in [1.54, 1.807) is 19.2 Å². The average Bonchev–Trinajstić information content (AvgIpc) is 2.72. The Kier molecular flexibility index (Phi) is 7.11. The van der Waals surface area contributed by atoms with Crippen LogP contribution in [0.4, 0.5) is 0 Å². The second kappa shape index (κ2) is 9.97. The van der Waals surface area contributed by atoms with Gasteiger partial charge >= 0.3 is 0 Å². The Hall–Kier alpha value is -2.53. The molecule has 1 amide bonds. The predicted molar refractivity (Wildman–Crippen MR) is 106 cm³/mol. The first-order chi connectivity index (χ1) is 13.2. The normalized spacial score (nSPS) is 14.6. The van der Waals surface area contributed by atoms with Crippen LogP contribution in [0.5, 0.6) is 11.5 Å². The molecule has 3 rings (SSSR count). The minimum atomic E-state index is -0.151. The van der Waals surface area contributed by atoms with E-state index in [-0.39, 0.29) is 12.5 Å². The SMILES string of the molecule is COc1ccccc1OCC(=O)NCc1cccc(CN2CCCCC2)c1. The molecule has 1 N–H and O–H groups in total. The van der Waals surface area contributed by atoms with E-state index in [0.29, 0.717) is 18.0 Å². The molecular weight excluding hydrogens is 340 g/mol. The molecule has 1 aliphatic rings. The number of nitrogens with zero attached hydrogens (tertiary/aromatic N) is 1. The molecule has 0 aliphatic carbocycles. The van der Waals surface area contributed by atoms with Crippen molar-refractivity contribution in [1.29, 1.82) is 0 Å². The van der Waals surface area contributed by atoms with Crippen molar-refractivity contribution in [3.8, 4) is 11.5 Å². The standard InChI is InChI=1S/C22H28N2O3/c1-26-20-10-3-4-11-21(20)27-17-22(25)23-15-18-8-7-9-19(14-18)16-24-12-5-2-6-13-24/h3-4,7-11,14H,2,5-6,12-13,15-17H2,1H3,(H,23,25). The molecule has 0 bridgehead atoms. The predicted octanol–water partition coefficient (Wildman–Crippen LogP) is 3.38. The molecule has 1 fully saturated rings. The van der Waals surface area contributed by atoms with Crippen molar-refractivity contribution < 1.29 is 14.3 Å². The third-order valence-electron chi connectivity index (χ3n) is 4.76. The number of ether oxygens (including phenoxy) is 2. The highest BCUT2D eigenvalue weighted by Crippen LogP contribution is 2.25.